The van der Waals surface area contributed by atoms with Crippen LogP contribution in [0.15, 0.2) is 30.3 Å². The molecule has 0 aromatic heterocycles. The molecular weight excluding hydrogens is 395 g/mol. The maximum Gasteiger partial charge on any atom is 0 e. The normalized spacial score (nSPS) is 9.92. The van der Waals surface area contributed by atoms with E-state index in [1.165, 1.54) is 38.5 Å². The molecule has 1 unspecified atom stereocenters. The van der Waals surface area contributed by atoms with Gasteiger partial charge in [0.05, 0.1) is 18.5 Å². The monoisotopic (exact) mass is 431 g/mol. The van der Waals surface area contributed by atoms with Crippen LogP contribution in [0.25, 0.3) is 0 Å². The first-order valence-corrected chi connectivity index (χ1v) is 12.4. The molecule has 0 saturated heterocycles. The van der Waals surface area contributed by atoms with E-state index in [0.717, 1.165) is 6.26 Å². The Bertz CT molecular complexity index is 305. The van der Waals surface area contributed by atoms with Gasteiger partial charge in [0.1, 0.15) is 0 Å². The molecule has 0 heterocycles. The van der Waals surface area contributed by atoms with E-state index in [1.54, 1.807) is 18.5 Å². The minimum absolute atomic E-state index is 0. The van der Waals surface area contributed by atoms with Crippen molar-refractivity contribution in [3.8, 4) is 0 Å². The van der Waals surface area contributed by atoms with Gasteiger partial charge in [-0.3, -0.25) is 4.21 Å². The summed E-state index contributed by atoms with van der Waals surface area (Å²) in [4.78, 5) is 0. The topological polar surface area (TPSA) is 60.0 Å². The Morgan fingerprint density at radius 1 is 0.960 bits per heavy atom. The molecule has 150 valence electrons. The first kappa shape index (κ1) is 32.8. The van der Waals surface area contributed by atoms with Gasteiger partial charge in [-0.1, -0.05) is 51.1 Å². The van der Waals surface area contributed by atoms with Crippen molar-refractivity contribution >= 4 is 19.0 Å². The van der Waals surface area contributed by atoms with E-state index < -0.39 is 11.1 Å². The van der Waals surface area contributed by atoms with Gasteiger partial charge < -0.3 is 4.55 Å². The second kappa shape index (κ2) is 31.9. The van der Waals surface area contributed by atoms with Crippen molar-refractivity contribution in [3.63, 3.8) is 0 Å². The van der Waals surface area contributed by atoms with Crippen LogP contribution >= 0.6 is 7.92 Å². The number of rotatable bonds is 9. The molecule has 3 nitrogen and oxygen atoms in total. The molecule has 25 heavy (non-hydrogen) atoms. The molecule has 1 aromatic carbocycles. The van der Waals surface area contributed by atoms with Crippen LogP contribution in [0.4, 0.5) is 0 Å². The van der Waals surface area contributed by atoms with Crippen molar-refractivity contribution in [2.75, 3.05) is 24.7 Å². The molecule has 0 spiro atoms. The molecule has 0 bridgehead atoms. The van der Waals surface area contributed by atoms with Crippen molar-refractivity contribution in [2.45, 2.75) is 59.3 Å². The van der Waals surface area contributed by atoms with Crippen LogP contribution in [-0.2, 0) is 32.8 Å². The van der Waals surface area contributed by atoms with E-state index in [9.17, 15) is 0 Å². The fraction of sp³-hybridized carbons (Fsp3) is 0.684. The zero-order valence-electron chi connectivity index (χ0n) is 16.2. The largest absolute Gasteiger partial charge is 0.214 e. The molecule has 0 aliphatic rings. The minimum Gasteiger partial charge on any atom is -0.214 e. The number of hydrogen-bond donors (Lipinski definition) is 0. The van der Waals surface area contributed by atoms with E-state index in [-0.39, 0.29) is 25.0 Å². The van der Waals surface area contributed by atoms with Crippen molar-refractivity contribution in [1.29, 1.82) is 0 Å². The van der Waals surface area contributed by atoms with E-state index >= 15 is 0 Å². The summed E-state index contributed by atoms with van der Waals surface area (Å²) in [7, 11) is 0.0675. The maximum absolute atomic E-state index is 9.00. The third kappa shape index (κ3) is 40.3. The third-order valence-electron chi connectivity index (χ3n) is 3.21. The number of hydrogen-bond acceptors (Lipinski definition) is 2. The Morgan fingerprint density at radius 3 is 1.40 bits per heavy atom. The summed E-state index contributed by atoms with van der Waals surface area (Å²) in [6, 6.07) is 10.0. The van der Waals surface area contributed by atoms with Crippen molar-refractivity contribution in [1.82, 2.24) is 0 Å². The van der Waals surface area contributed by atoms with Gasteiger partial charge in [-0.2, -0.15) is 18.2 Å². The summed E-state index contributed by atoms with van der Waals surface area (Å²) < 4.78 is 25.5. The van der Waals surface area contributed by atoms with Gasteiger partial charge in [0.25, 0.3) is 0 Å². The molecule has 0 aliphatic carbocycles. The van der Waals surface area contributed by atoms with Gasteiger partial charge in [-0.05, 0) is 25.5 Å². The van der Waals surface area contributed by atoms with E-state index in [1.807, 2.05) is 30.3 Å². The van der Waals surface area contributed by atoms with Crippen LogP contribution < -0.4 is 0 Å². The fourth-order valence-corrected chi connectivity index (χ4v) is 5.29. The average Bonchev–Trinajstić information content (AvgIpc) is 3.15. The fourth-order valence-electron chi connectivity index (χ4n) is 1.98. The average molecular weight is 431 g/mol. The van der Waals surface area contributed by atoms with Crippen molar-refractivity contribution in [2.24, 2.45) is 0 Å². The second-order valence-electron chi connectivity index (χ2n) is 5.42. The van der Waals surface area contributed by atoms with Gasteiger partial charge in [-0.25, -0.2) is 12.1 Å². The standard InChI is InChI=1S/C12H27P.C5H5.CH4O2S.CO.Fe/c1-4-7-10-13(11-8-5-2)12-9-6-3;1-2-4-5-3-1;1-4(2)3;1-2;/h4-12H2,1-3H3;1-5H;1H3,(H,2,3);;/q;-1;;;. The molecule has 0 amide bonds. The summed E-state index contributed by atoms with van der Waals surface area (Å²) in [6.07, 6.45) is 14.5. The molecule has 0 fully saturated rings. The van der Waals surface area contributed by atoms with Crippen molar-refractivity contribution < 1.29 is 30.5 Å². The molecular formula is C19H36FeO3PS-. The Kier molecular flexibility index (Phi) is 41.8. The van der Waals surface area contributed by atoms with E-state index in [2.05, 4.69) is 27.4 Å². The zero-order valence-corrected chi connectivity index (χ0v) is 19.2. The van der Waals surface area contributed by atoms with E-state index in [0.29, 0.717) is 0 Å². The third-order valence-corrected chi connectivity index (χ3v) is 6.39. The molecule has 1 rings (SSSR count). The second-order valence-corrected chi connectivity index (χ2v) is 9.23. The molecule has 0 aliphatic heterocycles. The van der Waals surface area contributed by atoms with Crippen LogP contribution in [-0.4, -0.2) is 33.5 Å². The molecule has 1 atom stereocenters. The SMILES string of the molecule is CCCC[PH+](CCCC)CCCC.CS(=O)[O-].[C-]#[O+].[Fe].c1cc[cH-]c1. The summed E-state index contributed by atoms with van der Waals surface area (Å²) in [5.41, 5.74) is 0. The van der Waals surface area contributed by atoms with Crippen LogP contribution in [0.1, 0.15) is 59.3 Å². The van der Waals surface area contributed by atoms with Gasteiger partial charge >= 0.3 is 11.3 Å². The van der Waals surface area contributed by atoms with Crippen LogP contribution in [0.2, 0.25) is 0 Å². The van der Waals surface area contributed by atoms with Crippen LogP contribution in [0.3, 0.4) is 0 Å². The van der Waals surface area contributed by atoms with Gasteiger partial charge in [0.2, 0.25) is 0 Å². The summed E-state index contributed by atoms with van der Waals surface area (Å²) in [5.74, 6) is 0. The molecule has 0 radical (unpaired) electrons. The Hall–Kier alpha value is 0.149. The Morgan fingerprint density at radius 2 is 1.24 bits per heavy atom. The summed E-state index contributed by atoms with van der Waals surface area (Å²) >= 11 is -1.86. The molecule has 6 heteroatoms. The minimum atomic E-state index is -1.86. The van der Waals surface area contributed by atoms with Gasteiger partial charge in [0, 0.05) is 25.0 Å². The maximum atomic E-state index is 9.00. The molecule has 1 aromatic rings. The quantitative estimate of drug-likeness (QED) is 0.171. The van der Waals surface area contributed by atoms with Crippen LogP contribution in [0, 0.1) is 6.65 Å². The van der Waals surface area contributed by atoms with Gasteiger partial charge in [0.15, 0.2) is 0 Å². The van der Waals surface area contributed by atoms with Crippen LogP contribution in [0.5, 0.6) is 0 Å². The van der Waals surface area contributed by atoms with E-state index in [4.69, 9.17) is 13.4 Å². The van der Waals surface area contributed by atoms with Crippen molar-refractivity contribution in [3.05, 3.63) is 37.0 Å². The summed E-state index contributed by atoms with van der Waals surface area (Å²) in [6.45, 7) is 11.5. The number of unbranched alkanes of at least 4 members (excludes halogenated alkanes) is 3. The summed E-state index contributed by atoms with van der Waals surface area (Å²) in [5, 5.41) is 0. The molecule has 0 saturated carbocycles. The predicted molar refractivity (Wildman–Crippen MR) is 108 cm³/mol. The zero-order chi connectivity index (χ0) is 19.1. The predicted octanol–water partition coefficient (Wildman–Crippen LogP) is 5.46. The Balaban J connectivity index is -0.000000151. The van der Waals surface area contributed by atoms with Gasteiger partial charge in [-0.15, -0.1) is 0 Å². The smallest absolute Gasteiger partial charge is 0 e. The first-order valence-electron chi connectivity index (χ1n) is 8.79. The Labute approximate surface area is 170 Å². The molecule has 0 N–H and O–H groups in total. The first-order chi connectivity index (χ1) is 11.6.